The van der Waals surface area contributed by atoms with Crippen LogP contribution in [0.3, 0.4) is 0 Å². The molecule has 1 aliphatic rings. The summed E-state index contributed by atoms with van der Waals surface area (Å²) in [6.07, 6.45) is 0.340. The summed E-state index contributed by atoms with van der Waals surface area (Å²) in [4.78, 5) is 28.6. The topological polar surface area (TPSA) is 62.2 Å². The second kappa shape index (κ2) is 10.7. The zero-order valence-electron chi connectivity index (χ0n) is 18.5. The van der Waals surface area contributed by atoms with Crippen molar-refractivity contribution in [1.82, 2.24) is 9.91 Å². The third kappa shape index (κ3) is 5.05. The summed E-state index contributed by atoms with van der Waals surface area (Å²) in [5.74, 6) is -2.24. The van der Waals surface area contributed by atoms with Crippen LogP contribution in [0.4, 0.5) is 8.78 Å². The lowest BCUT2D eigenvalue weighted by Gasteiger charge is -2.27. The minimum Gasteiger partial charge on any atom is -0.383 e. The summed E-state index contributed by atoms with van der Waals surface area (Å²) in [5, 5.41) is 7.65. The normalized spacial score (nSPS) is 15.3. The van der Waals surface area contributed by atoms with Crippen molar-refractivity contribution in [1.29, 1.82) is 0 Å². The molecular formula is C25H23F2N3O3S. The predicted molar refractivity (Wildman–Crippen MR) is 126 cm³/mol. The largest absolute Gasteiger partial charge is 0.383 e. The Hall–Kier alpha value is -3.43. The second-order valence-electron chi connectivity index (χ2n) is 7.70. The molecule has 0 saturated carbocycles. The van der Waals surface area contributed by atoms with E-state index in [4.69, 9.17) is 4.74 Å². The van der Waals surface area contributed by atoms with Gasteiger partial charge in [-0.25, -0.2) is 13.8 Å². The summed E-state index contributed by atoms with van der Waals surface area (Å²) < 4.78 is 34.0. The maximum absolute atomic E-state index is 14.7. The molecule has 2 amide bonds. The summed E-state index contributed by atoms with van der Waals surface area (Å²) in [5.41, 5.74) is 0.872. The summed E-state index contributed by atoms with van der Waals surface area (Å²) in [6.45, 7) is -0.119. The van der Waals surface area contributed by atoms with E-state index in [0.717, 1.165) is 4.88 Å². The first-order valence-corrected chi connectivity index (χ1v) is 11.6. The van der Waals surface area contributed by atoms with E-state index in [0.29, 0.717) is 17.7 Å². The number of halogens is 2. The van der Waals surface area contributed by atoms with Crippen LogP contribution in [0.2, 0.25) is 0 Å². The molecule has 0 N–H and O–H groups in total. The van der Waals surface area contributed by atoms with Crippen LogP contribution in [0.1, 0.15) is 33.3 Å². The van der Waals surface area contributed by atoms with Gasteiger partial charge >= 0.3 is 0 Å². The molecule has 4 rings (SSSR count). The third-order valence-electron chi connectivity index (χ3n) is 5.52. The van der Waals surface area contributed by atoms with E-state index in [1.165, 1.54) is 52.6 Å². The van der Waals surface area contributed by atoms with Gasteiger partial charge in [0.25, 0.3) is 11.8 Å². The van der Waals surface area contributed by atoms with Crippen molar-refractivity contribution in [2.75, 3.05) is 26.8 Å². The molecule has 2 heterocycles. The quantitative estimate of drug-likeness (QED) is 0.474. The highest BCUT2D eigenvalue weighted by Crippen LogP contribution is 2.35. The van der Waals surface area contributed by atoms with Gasteiger partial charge < -0.3 is 9.64 Å². The Kier molecular flexibility index (Phi) is 7.44. The predicted octanol–water partition coefficient (Wildman–Crippen LogP) is 4.49. The highest BCUT2D eigenvalue weighted by Gasteiger charge is 2.36. The number of carbonyl (C=O) groups is 2. The number of ether oxygens (including phenoxy) is 1. The zero-order chi connectivity index (χ0) is 24.1. The molecule has 1 atom stereocenters. The molecule has 9 heteroatoms. The molecule has 1 aromatic heterocycles. The highest BCUT2D eigenvalue weighted by atomic mass is 32.1. The molecule has 34 heavy (non-hydrogen) atoms. The van der Waals surface area contributed by atoms with E-state index in [9.17, 15) is 18.4 Å². The SMILES string of the molecule is COCCN(CC(=O)N1N=C(c2cccs2)CC1c1ccccc1F)C(=O)c1ccccc1F. The Bertz CT molecular complexity index is 1200. The summed E-state index contributed by atoms with van der Waals surface area (Å²) >= 11 is 1.48. The molecule has 0 aliphatic carbocycles. The number of carbonyl (C=O) groups excluding carboxylic acids is 2. The van der Waals surface area contributed by atoms with Crippen LogP contribution in [0, 0.1) is 11.6 Å². The average molecular weight is 484 g/mol. The van der Waals surface area contributed by atoms with E-state index in [1.807, 2.05) is 17.5 Å². The second-order valence-corrected chi connectivity index (χ2v) is 8.65. The Morgan fingerprint density at radius 2 is 1.82 bits per heavy atom. The Labute approximate surface area is 200 Å². The first-order chi connectivity index (χ1) is 16.5. The van der Waals surface area contributed by atoms with Crippen LogP contribution in [-0.2, 0) is 9.53 Å². The van der Waals surface area contributed by atoms with Crippen LogP contribution in [-0.4, -0.2) is 54.2 Å². The molecule has 0 spiro atoms. The molecule has 0 radical (unpaired) electrons. The van der Waals surface area contributed by atoms with Crippen LogP contribution in [0.25, 0.3) is 0 Å². The standard InChI is InChI=1S/C25H23F2N3O3S/c1-33-13-12-29(25(32)18-8-3-5-10-20(18)27)16-24(31)30-22(17-7-2-4-9-19(17)26)15-21(28-30)23-11-6-14-34-23/h2-11,14,22H,12-13,15-16H2,1H3. The number of benzene rings is 2. The zero-order valence-corrected chi connectivity index (χ0v) is 19.3. The Morgan fingerprint density at radius 1 is 1.09 bits per heavy atom. The summed E-state index contributed by atoms with van der Waals surface area (Å²) in [7, 11) is 1.47. The fraction of sp³-hybridized carbons (Fsp3) is 0.240. The van der Waals surface area contributed by atoms with Crippen molar-refractivity contribution in [2.24, 2.45) is 5.10 Å². The molecule has 0 saturated heterocycles. The molecule has 0 fully saturated rings. The molecule has 6 nitrogen and oxygen atoms in total. The lowest BCUT2D eigenvalue weighted by Crippen LogP contribution is -2.43. The minimum atomic E-state index is -0.675. The van der Waals surface area contributed by atoms with Gasteiger partial charge in [-0.3, -0.25) is 9.59 Å². The number of amides is 2. The lowest BCUT2D eigenvalue weighted by atomic mass is 10.0. The highest BCUT2D eigenvalue weighted by molar-refractivity contribution is 7.12. The van der Waals surface area contributed by atoms with E-state index in [-0.39, 0.29) is 25.3 Å². The molecule has 2 aromatic carbocycles. The van der Waals surface area contributed by atoms with Gasteiger partial charge in [-0.05, 0) is 29.6 Å². The number of hydrogen-bond donors (Lipinski definition) is 0. The Balaban J connectivity index is 1.63. The maximum atomic E-state index is 14.7. The van der Waals surface area contributed by atoms with Gasteiger partial charge in [0, 0.05) is 25.6 Å². The average Bonchev–Trinajstić information content (AvgIpc) is 3.52. The van der Waals surface area contributed by atoms with E-state index in [1.54, 1.807) is 24.3 Å². The van der Waals surface area contributed by atoms with Gasteiger partial charge in [-0.15, -0.1) is 11.3 Å². The maximum Gasteiger partial charge on any atom is 0.262 e. The van der Waals surface area contributed by atoms with Gasteiger partial charge in [-0.1, -0.05) is 36.4 Å². The van der Waals surface area contributed by atoms with Crippen molar-refractivity contribution in [3.05, 3.63) is 93.7 Å². The molecule has 1 unspecified atom stereocenters. The molecule has 176 valence electrons. The van der Waals surface area contributed by atoms with Gasteiger partial charge in [0.15, 0.2) is 0 Å². The number of rotatable bonds is 8. The molecular weight excluding hydrogens is 460 g/mol. The smallest absolute Gasteiger partial charge is 0.262 e. The fourth-order valence-electron chi connectivity index (χ4n) is 3.81. The van der Waals surface area contributed by atoms with Gasteiger partial charge in [0.2, 0.25) is 0 Å². The first kappa shape index (κ1) is 23.7. The molecule has 3 aromatic rings. The van der Waals surface area contributed by atoms with E-state index < -0.39 is 29.5 Å². The van der Waals surface area contributed by atoms with E-state index >= 15 is 0 Å². The lowest BCUT2D eigenvalue weighted by molar-refractivity contribution is -0.133. The van der Waals surface area contributed by atoms with Crippen molar-refractivity contribution in [3.63, 3.8) is 0 Å². The van der Waals surface area contributed by atoms with Crippen molar-refractivity contribution < 1.29 is 23.1 Å². The number of nitrogens with zero attached hydrogens (tertiary/aromatic N) is 3. The van der Waals surface area contributed by atoms with Crippen molar-refractivity contribution >= 4 is 28.9 Å². The van der Waals surface area contributed by atoms with Crippen molar-refractivity contribution in [3.8, 4) is 0 Å². The molecule has 0 bridgehead atoms. The Morgan fingerprint density at radius 3 is 2.50 bits per heavy atom. The number of hydrogen-bond acceptors (Lipinski definition) is 5. The number of thiophene rings is 1. The minimum absolute atomic E-state index is 0.0785. The van der Waals surface area contributed by atoms with Crippen LogP contribution in [0.5, 0.6) is 0 Å². The van der Waals surface area contributed by atoms with Crippen LogP contribution in [0.15, 0.2) is 71.1 Å². The van der Waals surface area contributed by atoms with Crippen LogP contribution >= 0.6 is 11.3 Å². The van der Waals surface area contributed by atoms with Gasteiger partial charge in [-0.2, -0.15) is 5.10 Å². The molecule has 1 aliphatic heterocycles. The van der Waals surface area contributed by atoms with Crippen molar-refractivity contribution in [2.45, 2.75) is 12.5 Å². The number of hydrazone groups is 1. The summed E-state index contributed by atoms with van der Waals surface area (Å²) in [6, 6.07) is 15.0. The van der Waals surface area contributed by atoms with Gasteiger partial charge in [0.05, 0.1) is 28.8 Å². The van der Waals surface area contributed by atoms with E-state index in [2.05, 4.69) is 5.10 Å². The van der Waals surface area contributed by atoms with Gasteiger partial charge in [0.1, 0.15) is 18.2 Å². The monoisotopic (exact) mass is 483 g/mol. The van der Waals surface area contributed by atoms with Crippen LogP contribution < -0.4 is 0 Å². The third-order valence-corrected chi connectivity index (χ3v) is 6.44. The fourth-order valence-corrected chi connectivity index (χ4v) is 4.54. The number of methoxy groups -OCH3 is 1. The first-order valence-electron chi connectivity index (χ1n) is 10.7.